The highest BCUT2D eigenvalue weighted by atomic mass is 19.1. The molecule has 1 aromatic carbocycles. The van der Waals surface area contributed by atoms with Crippen LogP contribution in [0.4, 0.5) is 4.39 Å². The summed E-state index contributed by atoms with van der Waals surface area (Å²) in [6.45, 7) is 3.19. The van der Waals surface area contributed by atoms with Gasteiger partial charge in [0.2, 0.25) is 11.8 Å². The number of rotatable bonds is 11. The molecule has 0 radical (unpaired) electrons. The third-order valence-corrected chi connectivity index (χ3v) is 8.40. The lowest BCUT2D eigenvalue weighted by atomic mass is 9.83. The lowest BCUT2D eigenvalue weighted by Gasteiger charge is -2.37. The number of likely N-dealkylation sites (tertiary alicyclic amines) is 1. The molecule has 2 N–H and O–H groups in total. The zero-order valence-corrected chi connectivity index (χ0v) is 23.9. The van der Waals surface area contributed by atoms with Gasteiger partial charge in [0.25, 0.3) is 5.91 Å². The quantitative estimate of drug-likeness (QED) is 0.445. The van der Waals surface area contributed by atoms with Gasteiger partial charge in [-0.2, -0.15) is 0 Å². The fourth-order valence-electron chi connectivity index (χ4n) is 5.88. The lowest BCUT2D eigenvalue weighted by molar-refractivity contribution is -0.139. The molecule has 3 unspecified atom stereocenters. The van der Waals surface area contributed by atoms with E-state index in [9.17, 15) is 18.8 Å². The molecule has 9 nitrogen and oxygen atoms in total. The molecule has 3 amide bonds. The summed E-state index contributed by atoms with van der Waals surface area (Å²) in [5, 5.41) is 6.04. The van der Waals surface area contributed by atoms with Crippen LogP contribution in [-0.4, -0.2) is 81.9 Å². The standard InChI is InChI=1S/C30H43FN6O3/c1-21(32-2)28(38)34-27(23-8-5-4-6-9-23)30(40)37-16-7-10-25(37)18-36(29(39)26-19-35(3)20-33-26)17-15-22-11-13-24(31)14-12-22/h11-14,19-21,23,25,27,32H,4-10,15-18H2,1-3H3,(H,34,38). The molecule has 4 rings (SSSR count). The van der Waals surface area contributed by atoms with Crippen LogP contribution in [-0.2, 0) is 23.1 Å². The summed E-state index contributed by atoms with van der Waals surface area (Å²) in [6, 6.07) is 5.19. The molecule has 1 saturated carbocycles. The van der Waals surface area contributed by atoms with Crippen LogP contribution in [0.1, 0.15) is 67.9 Å². The Morgan fingerprint density at radius 3 is 2.48 bits per heavy atom. The number of aryl methyl sites for hydroxylation is 1. The predicted molar refractivity (Wildman–Crippen MR) is 151 cm³/mol. The lowest BCUT2D eigenvalue weighted by Crippen LogP contribution is -2.57. The van der Waals surface area contributed by atoms with Gasteiger partial charge in [-0.15, -0.1) is 0 Å². The number of imidazole rings is 1. The molecule has 1 aliphatic heterocycles. The van der Waals surface area contributed by atoms with Crippen molar-refractivity contribution in [2.45, 2.75) is 76.4 Å². The molecule has 2 heterocycles. The maximum absolute atomic E-state index is 14.1. The molecule has 1 aromatic heterocycles. The first-order valence-corrected chi connectivity index (χ1v) is 14.6. The van der Waals surface area contributed by atoms with E-state index in [-0.39, 0.29) is 35.5 Å². The van der Waals surface area contributed by atoms with Gasteiger partial charge in [-0.1, -0.05) is 31.4 Å². The Kier molecular flexibility index (Phi) is 10.3. The Hall–Kier alpha value is -3.27. The minimum Gasteiger partial charge on any atom is -0.343 e. The van der Waals surface area contributed by atoms with E-state index in [0.29, 0.717) is 31.7 Å². The van der Waals surface area contributed by atoms with Crippen LogP contribution in [0.25, 0.3) is 0 Å². The average molecular weight is 555 g/mol. The molecule has 10 heteroatoms. The Morgan fingerprint density at radius 2 is 1.82 bits per heavy atom. The number of hydrogen-bond donors (Lipinski definition) is 2. The minimum absolute atomic E-state index is 0.0465. The number of aromatic nitrogens is 2. The van der Waals surface area contributed by atoms with E-state index in [4.69, 9.17) is 0 Å². The second kappa shape index (κ2) is 13.9. The van der Waals surface area contributed by atoms with Crippen LogP contribution in [0.15, 0.2) is 36.8 Å². The van der Waals surface area contributed by atoms with Gasteiger partial charge in [0.05, 0.1) is 12.4 Å². The molecule has 0 spiro atoms. The Bertz CT molecular complexity index is 1150. The van der Waals surface area contributed by atoms with Crippen molar-refractivity contribution in [2.24, 2.45) is 13.0 Å². The van der Waals surface area contributed by atoms with Gasteiger partial charge < -0.3 is 25.0 Å². The fourth-order valence-corrected chi connectivity index (χ4v) is 5.88. The molecular weight excluding hydrogens is 511 g/mol. The van der Waals surface area contributed by atoms with Crippen molar-refractivity contribution in [3.05, 3.63) is 53.9 Å². The van der Waals surface area contributed by atoms with Crippen molar-refractivity contribution in [1.29, 1.82) is 0 Å². The highest BCUT2D eigenvalue weighted by Gasteiger charge is 2.39. The van der Waals surface area contributed by atoms with Crippen molar-refractivity contribution in [2.75, 3.05) is 26.7 Å². The molecule has 0 bridgehead atoms. The monoisotopic (exact) mass is 554 g/mol. The summed E-state index contributed by atoms with van der Waals surface area (Å²) in [7, 11) is 3.55. The number of nitrogens with zero attached hydrogens (tertiary/aromatic N) is 4. The van der Waals surface area contributed by atoms with Crippen molar-refractivity contribution in [1.82, 2.24) is 30.0 Å². The Morgan fingerprint density at radius 1 is 1.10 bits per heavy atom. The highest BCUT2D eigenvalue weighted by molar-refractivity contribution is 5.92. The van der Waals surface area contributed by atoms with Gasteiger partial charge in [-0.3, -0.25) is 14.4 Å². The first-order chi connectivity index (χ1) is 19.3. The Labute approximate surface area is 236 Å². The van der Waals surface area contributed by atoms with E-state index in [2.05, 4.69) is 15.6 Å². The van der Waals surface area contributed by atoms with E-state index >= 15 is 0 Å². The summed E-state index contributed by atoms with van der Waals surface area (Å²) in [4.78, 5) is 48.4. The van der Waals surface area contributed by atoms with E-state index in [1.807, 2.05) is 11.9 Å². The predicted octanol–water partition coefficient (Wildman–Crippen LogP) is 2.91. The number of hydrogen-bond acceptors (Lipinski definition) is 5. The SMILES string of the molecule is CNC(C)C(=O)NC(C(=O)N1CCCC1CN(CCc1ccc(F)cc1)C(=O)c1cn(C)cn1)C1CCCCC1. The normalized spacial score (nSPS) is 19.3. The molecule has 3 atom stereocenters. The molecule has 1 aliphatic carbocycles. The summed E-state index contributed by atoms with van der Waals surface area (Å²) in [6.07, 6.45) is 10.6. The molecule has 40 heavy (non-hydrogen) atoms. The summed E-state index contributed by atoms with van der Waals surface area (Å²) < 4.78 is 15.2. The smallest absolute Gasteiger partial charge is 0.274 e. The maximum Gasteiger partial charge on any atom is 0.274 e. The maximum atomic E-state index is 14.1. The average Bonchev–Trinajstić information content (AvgIpc) is 3.62. The van der Waals surface area contributed by atoms with Crippen molar-refractivity contribution in [3.63, 3.8) is 0 Å². The molecule has 1 saturated heterocycles. The number of benzene rings is 1. The second-order valence-corrected chi connectivity index (χ2v) is 11.3. The van der Waals surface area contributed by atoms with Crippen LogP contribution in [0.2, 0.25) is 0 Å². The van der Waals surface area contributed by atoms with Crippen molar-refractivity contribution < 1.29 is 18.8 Å². The zero-order valence-electron chi connectivity index (χ0n) is 23.9. The number of halogens is 1. The van der Waals surface area contributed by atoms with Gasteiger partial charge >= 0.3 is 0 Å². The van der Waals surface area contributed by atoms with Crippen LogP contribution >= 0.6 is 0 Å². The van der Waals surface area contributed by atoms with Gasteiger partial charge in [0, 0.05) is 38.9 Å². The molecule has 2 fully saturated rings. The number of amides is 3. The largest absolute Gasteiger partial charge is 0.343 e. The highest BCUT2D eigenvalue weighted by Crippen LogP contribution is 2.29. The molecule has 2 aromatic rings. The van der Waals surface area contributed by atoms with E-state index in [1.165, 1.54) is 12.1 Å². The summed E-state index contributed by atoms with van der Waals surface area (Å²) in [5.41, 5.74) is 1.28. The first-order valence-electron chi connectivity index (χ1n) is 14.6. The van der Waals surface area contributed by atoms with Crippen LogP contribution < -0.4 is 10.6 Å². The van der Waals surface area contributed by atoms with Crippen molar-refractivity contribution >= 4 is 17.7 Å². The second-order valence-electron chi connectivity index (χ2n) is 11.3. The topological polar surface area (TPSA) is 99.6 Å². The fraction of sp³-hybridized carbons (Fsp3) is 0.600. The van der Waals surface area contributed by atoms with Gasteiger partial charge in [-0.25, -0.2) is 9.37 Å². The van der Waals surface area contributed by atoms with Crippen LogP contribution in [0.5, 0.6) is 0 Å². The third-order valence-electron chi connectivity index (χ3n) is 8.40. The van der Waals surface area contributed by atoms with Crippen LogP contribution in [0, 0.1) is 11.7 Å². The number of carbonyl (C=O) groups excluding carboxylic acids is 3. The van der Waals surface area contributed by atoms with Gasteiger partial charge in [0.15, 0.2) is 0 Å². The summed E-state index contributed by atoms with van der Waals surface area (Å²) >= 11 is 0. The first kappa shape index (κ1) is 29.7. The van der Waals surface area contributed by atoms with Crippen LogP contribution in [0.3, 0.4) is 0 Å². The third kappa shape index (κ3) is 7.47. The van der Waals surface area contributed by atoms with E-state index in [0.717, 1.165) is 50.5 Å². The van der Waals surface area contributed by atoms with Crippen molar-refractivity contribution in [3.8, 4) is 0 Å². The molecular formula is C30H43FN6O3. The summed E-state index contributed by atoms with van der Waals surface area (Å²) in [5.74, 6) is -0.598. The zero-order chi connectivity index (χ0) is 28.6. The number of nitrogens with one attached hydrogen (secondary N) is 2. The van der Waals surface area contributed by atoms with Gasteiger partial charge in [0.1, 0.15) is 17.6 Å². The number of likely N-dealkylation sites (N-methyl/N-ethyl adjacent to an activating group) is 1. The molecule has 218 valence electrons. The molecule has 2 aliphatic rings. The van der Waals surface area contributed by atoms with Gasteiger partial charge in [-0.05, 0) is 69.7 Å². The minimum atomic E-state index is -0.566. The van der Waals surface area contributed by atoms with E-state index in [1.54, 1.807) is 48.1 Å². The number of carbonyl (C=O) groups is 3. The Balaban J connectivity index is 1.52. The van der Waals surface area contributed by atoms with E-state index < -0.39 is 12.1 Å².